The van der Waals surface area contributed by atoms with Gasteiger partial charge in [0, 0.05) is 0 Å². The van der Waals surface area contributed by atoms with Crippen LogP contribution in [-0.4, -0.2) is 19.7 Å². The van der Waals surface area contributed by atoms with E-state index in [4.69, 9.17) is 11.6 Å². The predicted octanol–water partition coefficient (Wildman–Crippen LogP) is 2.62. The van der Waals surface area contributed by atoms with Crippen LogP contribution in [0.25, 0.3) is 15.3 Å². The van der Waals surface area contributed by atoms with Crippen molar-refractivity contribution in [2.24, 2.45) is 0 Å². The van der Waals surface area contributed by atoms with E-state index in [2.05, 4.69) is 15.1 Å². The average Bonchev–Trinajstić information content (AvgIpc) is 2.94. The molecule has 1 aromatic carbocycles. The quantitative estimate of drug-likeness (QED) is 0.657. The van der Waals surface area contributed by atoms with Crippen molar-refractivity contribution in [3.05, 3.63) is 36.4 Å². The lowest BCUT2D eigenvalue weighted by molar-refractivity contribution is 0.826. The average molecular weight is 251 g/mol. The van der Waals surface area contributed by atoms with E-state index in [1.165, 1.54) is 6.33 Å². The summed E-state index contributed by atoms with van der Waals surface area (Å²) >= 11 is 7.35. The summed E-state index contributed by atoms with van der Waals surface area (Å²) in [5.74, 6) is 1.04. The fraction of sp³-hybridized carbons (Fsp3) is 0.100. The number of para-hydroxylation sites is 1. The molecule has 0 saturated heterocycles. The smallest absolute Gasteiger partial charge is 0.213 e. The Labute approximate surface area is 101 Å². The fourth-order valence-electron chi connectivity index (χ4n) is 1.47. The van der Waals surface area contributed by atoms with Crippen molar-refractivity contribution in [1.29, 1.82) is 0 Å². The van der Waals surface area contributed by atoms with Crippen LogP contribution in [0.15, 0.2) is 30.6 Å². The second-order valence-corrected chi connectivity index (χ2v) is 4.46. The minimum Gasteiger partial charge on any atom is -0.218 e. The zero-order valence-electron chi connectivity index (χ0n) is 8.17. The standard InChI is InChI=1S/C10H7ClN4S/c11-5-9-12-6-13-15(9)10-14-7-3-1-2-4-8(7)16-10/h1-4,6H,5H2. The summed E-state index contributed by atoms with van der Waals surface area (Å²) in [6, 6.07) is 7.98. The van der Waals surface area contributed by atoms with Gasteiger partial charge in [-0.05, 0) is 12.1 Å². The first-order valence-corrected chi connectivity index (χ1v) is 6.04. The summed E-state index contributed by atoms with van der Waals surface area (Å²) in [7, 11) is 0. The summed E-state index contributed by atoms with van der Waals surface area (Å²) in [5, 5.41) is 4.92. The van der Waals surface area contributed by atoms with Crippen molar-refractivity contribution in [2.75, 3.05) is 0 Å². The number of alkyl halides is 1. The van der Waals surface area contributed by atoms with Gasteiger partial charge >= 0.3 is 0 Å². The number of rotatable bonds is 2. The molecule has 6 heteroatoms. The highest BCUT2D eigenvalue weighted by Gasteiger charge is 2.10. The van der Waals surface area contributed by atoms with Crippen LogP contribution in [0.5, 0.6) is 0 Å². The third kappa shape index (κ3) is 1.48. The third-order valence-corrected chi connectivity index (χ3v) is 3.45. The predicted molar refractivity (Wildman–Crippen MR) is 64.1 cm³/mol. The Morgan fingerprint density at radius 1 is 1.31 bits per heavy atom. The Morgan fingerprint density at radius 2 is 2.19 bits per heavy atom. The number of thiazole rings is 1. The molecule has 0 amide bonds. The molecule has 0 aliphatic carbocycles. The van der Waals surface area contributed by atoms with Gasteiger partial charge in [-0.1, -0.05) is 23.5 Å². The lowest BCUT2D eigenvalue weighted by Gasteiger charge is -1.96. The van der Waals surface area contributed by atoms with E-state index < -0.39 is 0 Å². The fourth-order valence-corrected chi connectivity index (χ4v) is 2.59. The molecule has 0 atom stereocenters. The van der Waals surface area contributed by atoms with E-state index in [9.17, 15) is 0 Å². The molecular weight excluding hydrogens is 244 g/mol. The maximum absolute atomic E-state index is 5.78. The Balaban J connectivity index is 2.19. The Hall–Kier alpha value is -1.46. The van der Waals surface area contributed by atoms with Crippen molar-refractivity contribution in [3.63, 3.8) is 0 Å². The van der Waals surface area contributed by atoms with Gasteiger partial charge in [0.25, 0.3) is 0 Å². The first-order chi connectivity index (χ1) is 7.88. The Kier molecular flexibility index (Phi) is 2.34. The van der Waals surface area contributed by atoms with Gasteiger partial charge in [0.2, 0.25) is 5.13 Å². The van der Waals surface area contributed by atoms with E-state index in [1.807, 2.05) is 24.3 Å². The molecule has 0 bridgehead atoms. The minimum absolute atomic E-state index is 0.329. The molecule has 0 spiro atoms. The molecule has 0 fully saturated rings. The third-order valence-electron chi connectivity index (χ3n) is 2.20. The molecular formula is C10H7ClN4S. The summed E-state index contributed by atoms with van der Waals surface area (Å²) in [6.45, 7) is 0. The molecule has 2 aromatic heterocycles. The van der Waals surface area contributed by atoms with Gasteiger partial charge in [-0.15, -0.1) is 11.6 Å². The molecule has 4 nitrogen and oxygen atoms in total. The van der Waals surface area contributed by atoms with Crippen LogP contribution in [0.3, 0.4) is 0 Å². The lowest BCUT2D eigenvalue weighted by atomic mass is 10.3. The van der Waals surface area contributed by atoms with Gasteiger partial charge in [-0.25, -0.2) is 9.97 Å². The molecule has 0 aliphatic rings. The Morgan fingerprint density at radius 3 is 3.00 bits per heavy atom. The first kappa shape index (κ1) is 9.74. The van der Waals surface area contributed by atoms with Crippen LogP contribution < -0.4 is 0 Å². The van der Waals surface area contributed by atoms with Crippen molar-refractivity contribution in [2.45, 2.75) is 5.88 Å². The number of fused-ring (bicyclic) bond motifs is 1. The van der Waals surface area contributed by atoms with Crippen LogP contribution in [0.4, 0.5) is 0 Å². The van der Waals surface area contributed by atoms with E-state index in [1.54, 1.807) is 16.0 Å². The van der Waals surface area contributed by atoms with Gasteiger partial charge in [-0.3, -0.25) is 0 Å². The molecule has 0 radical (unpaired) electrons. The molecule has 80 valence electrons. The second kappa shape index (κ2) is 3.84. The summed E-state index contributed by atoms with van der Waals surface area (Å²) in [4.78, 5) is 8.55. The monoisotopic (exact) mass is 250 g/mol. The van der Waals surface area contributed by atoms with Crippen molar-refractivity contribution >= 4 is 33.2 Å². The maximum atomic E-state index is 5.78. The van der Waals surface area contributed by atoms with Crippen LogP contribution >= 0.6 is 22.9 Å². The highest BCUT2D eigenvalue weighted by atomic mass is 35.5. The van der Waals surface area contributed by atoms with E-state index >= 15 is 0 Å². The molecule has 3 rings (SSSR count). The zero-order chi connectivity index (χ0) is 11.0. The van der Waals surface area contributed by atoms with E-state index in [0.717, 1.165) is 15.3 Å². The SMILES string of the molecule is ClCc1ncnn1-c1nc2ccccc2s1. The van der Waals surface area contributed by atoms with E-state index in [0.29, 0.717) is 11.7 Å². The topological polar surface area (TPSA) is 43.6 Å². The first-order valence-electron chi connectivity index (χ1n) is 4.69. The van der Waals surface area contributed by atoms with E-state index in [-0.39, 0.29) is 0 Å². The maximum Gasteiger partial charge on any atom is 0.213 e. The number of aromatic nitrogens is 4. The molecule has 0 unspecified atom stereocenters. The van der Waals surface area contributed by atoms with Gasteiger partial charge in [0.05, 0.1) is 16.1 Å². The van der Waals surface area contributed by atoms with Crippen molar-refractivity contribution in [3.8, 4) is 5.13 Å². The van der Waals surface area contributed by atoms with Crippen LogP contribution in [0.2, 0.25) is 0 Å². The number of halogens is 1. The molecule has 2 heterocycles. The van der Waals surface area contributed by atoms with Crippen LogP contribution in [-0.2, 0) is 5.88 Å². The number of hydrogen-bond donors (Lipinski definition) is 0. The molecule has 16 heavy (non-hydrogen) atoms. The van der Waals surface area contributed by atoms with Crippen molar-refractivity contribution < 1.29 is 0 Å². The summed E-state index contributed by atoms with van der Waals surface area (Å²) in [6.07, 6.45) is 1.49. The number of nitrogens with zero attached hydrogens (tertiary/aromatic N) is 4. The normalized spacial score (nSPS) is 11.1. The molecule has 0 N–H and O–H groups in total. The molecule has 0 aliphatic heterocycles. The highest BCUT2D eigenvalue weighted by Crippen LogP contribution is 2.24. The zero-order valence-corrected chi connectivity index (χ0v) is 9.74. The van der Waals surface area contributed by atoms with Gasteiger partial charge in [0.1, 0.15) is 12.2 Å². The van der Waals surface area contributed by atoms with Crippen LogP contribution in [0, 0.1) is 0 Å². The van der Waals surface area contributed by atoms with Crippen LogP contribution in [0.1, 0.15) is 5.82 Å². The van der Waals surface area contributed by atoms with Gasteiger partial charge in [-0.2, -0.15) is 9.78 Å². The largest absolute Gasteiger partial charge is 0.218 e. The highest BCUT2D eigenvalue weighted by molar-refractivity contribution is 7.20. The van der Waals surface area contributed by atoms with Gasteiger partial charge < -0.3 is 0 Å². The Bertz CT molecular complexity index is 597. The summed E-state index contributed by atoms with van der Waals surface area (Å²) in [5.41, 5.74) is 0.971. The second-order valence-electron chi connectivity index (χ2n) is 3.19. The number of hydrogen-bond acceptors (Lipinski definition) is 4. The molecule has 0 saturated carbocycles. The van der Waals surface area contributed by atoms with Crippen molar-refractivity contribution in [1.82, 2.24) is 19.7 Å². The number of benzene rings is 1. The van der Waals surface area contributed by atoms with Gasteiger partial charge in [0.15, 0.2) is 0 Å². The minimum atomic E-state index is 0.329. The molecule has 3 aromatic rings. The summed E-state index contributed by atoms with van der Waals surface area (Å²) < 4.78 is 2.81. The lowest BCUT2D eigenvalue weighted by Crippen LogP contribution is -2.00.